The first-order chi connectivity index (χ1) is 16.5. The summed E-state index contributed by atoms with van der Waals surface area (Å²) in [7, 11) is 1.84. The van der Waals surface area contributed by atoms with Gasteiger partial charge in [0.2, 0.25) is 5.43 Å². The molecular weight excluding hydrogens is 450 g/mol. The van der Waals surface area contributed by atoms with Gasteiger partial charge < -0.3 is 14.6 Å². The number of amides is 1. The van der Waals surface area contributed by atoms with Gasteiger partial charge in [-0.1, -0.05) is 42.5 Å². The van der Waals surface area contributed by atoms with Gasteiger partial charge in [0.05, 0.1) is 18.7 Å². The van der Waals surface area contributed by atoms with Gasteiger partial charge in [-0.2, -0.15) is 0 Å². The van der Waals surface area contributed by atoms with Gasteiger partial charge in [0.25, 0.3) is 5.91 Å². The van der Waals surface area contributed by atoms with Gasteiger partial charge in [0, 0.05) is 61.8 Å². The standard InChI is InChI=1S/C27H28ClN3O3/c1-3-4-5-21-14-20(17-31-10-12-34-13-11-31)15-23-25(21)30(2)18-24(26(23)32)27(33)29-16-19-6-8-22(28)9-7-19/h6-9,14-15,18H,3,10-13,16-17H2,1-2H3,(H,29,33). The smallest absolute Gasteiger partial charge is 0.257 e. The van der Waals surface area contributed by atoms with E-state index in [0.717, 1.165) is 35.3 Å². The van der Waals surface area contributed by atoms with E-state index >= 15 is 0 Å². The van der Waals surface area contributed by atoms with Crippen molar-refractivity contribution < 1.29 is 9.53 Å². The van der Waals surface area contributed by atoms with Crippen molar-refractivity contribution in [2.24, 2.45) is 7.05 Å². The molecule has 1 aliphatic rings. The topological polar surface area (TPSA) is 63.6 Å². The highest BCUT2D eigenvalue weighted by molar-refractivity contribution is 6.30. The highest BCUT2D eigenvalue weighted by Gasteiger charge is 2.18. The third kappa shape index (κ3) is 5.51. The number of pyridine rings is 1. The van der Waals surface area contributed by atoms with Crippen LogP contribution < -0.4 is 10.7 Å². The van der Waals surface area contributed by atoms with Crippen LogP contribution in [0.5, 0.6) is 0 Å². The number of benzene rings is 2. The summed E-state index contributed by atoms with van der Waals surface area (Å²) in [5.41, 5.74) is 3.28. The third-order valence-electron chi connectivity index (χ3n) is 5.86. The zero-order valence-corrected chi connectivity index (χ0v) is 20.2. The van der Waals surface area contributed by atoms with Crippen molar-refractivity contribution >= 4 is 28.4 Å². The van der Waals surface area contributed by atoms with E-state index < -0.39 is 5.91 Å². The van der Waals surface area contributed by atoms with Crippen molar-refractivity contribution in [3.05, 3.63) is 80.1 Å². The number of nitrogens with one attached hydrogen (secondary N) is 1. The molecule has 0 spiro atoms. The fourth-order valence-corrected chi connectivity index (χ4v) is 4.26. The first-order valence-electron chi connectivity index (χ1n) is 11.4. The molecule has 4 rings (SSSR count). The van der Waals surface area contributed by atoms with E-state index in [1.54, 1.807) is 18.3 Å². The lowest BCUT2D eigenvalue weighted by Crippen LogP contribution is -2.35. The van der Waals surface area contributed by atoms with Gasteiger partial charge in [-0.25, -0.2) is 0 Å². The number of aryl methyl sites for hydroxylation is 1. The zero-order valence-electron chi connectivity index (χ0n) is 19.5. The van der Waals surface area contributed by atoms with Gasteiger partial charge in [-0.3, -0.25) is 14.5 Å². The van der Waals surface area contributed by atoms with Crippen LogP contribution in [0.15, 0.2) is 47.4 Å². The average Bonchev–Trinajstić information content (AvgIpc) is 2.84. The molecule has 176 valence electrons. The average molecular weight is 478 g/mol. The van der Waals surface area contributed by atoms with Gasteiger partial charge in [-0.15, -0.1) is 0 Å². The normalized spacial score (nSPS) is 14.0. The quantitative estimate of drug-likeness (QED) is 0.569. The van der Waals surface area contributed by atoms with Crippen molar-refractivity contribution in [1.29, 1.82) is 0 Å². The Morgan fingerprint density at radius 2 is 1.88 bits per heavy atom. The lowest BCUT2D eigenvalue weighted by Gasteiger charge is -2.26. The summed E-state index contributed by atoms with van der Waals surface area (Å²) in [6, 6.07) is 11.2. The Bertz CT molecular complexity index is 1310. The third-order valence-corrected chi connectivity index (χ3v) is 6.11. The van der Waals surface area contributed by atoms with Crippen LogP contribution in [-0.4, -0.2) is 41.7 Å². The largest absolute Gasteiger partial charge is 0.379 e. The van der Waals surface area contributed by atoms with Crippen LogP contribution in [0.1, 0.15) is 40.4 Å². The van der Waals surface area contributed by atoms with Crippen molar-refractivity contribution in [2.75, 3.05) is 26.3 Å². The van der Waals surface area contributed by atoms with E-state index in [9.17, 15) is 9.59 Å². The summed E-state index contributed by atoms with van der Waals surface area (Å²) in [6.07, 6.45) is 2.31. The second-order valence-corrected chi connectivity index (χ2v) is 8.81. The number of fused-ring (bicyclic) bond motifs is 1. The molecule has 1 fully saturated rings. The summed E-state index contributed by atoms with van der Waals surface area (Å²) in [4.78, 5) is 28.7. The van der Waals surface area contributed by atoms with E-state index in [2.05, 4.69) is 28.1 Å². The Hall–Kier alpha value is -3.11. The number of carbonyl (C=O) groups excluding carboxylic acids is 1. The molecule has 1 N–H and O–H groups in total. The van der Waals surface area contributed by atoms with Gasteiger partial charge in [-0.05, 0) is 35.4 Å². The zero-order chi connectivity index (χ0) is 24.1. The molecule has 0 unspecified atom stereocenters. The predicted octanol–water partition coefficient (Wildman–Crippen LogP) is 3.72. The maximum Gasteiger partial charge on any atom is 0.257 e. The monoisotopic (exact) mass is 477 g/mol. The van der Waals surface area contributed by atoms with Gasteiger partial charge in [0.1, 0.15) is 5.56 Å². The molecule has 34 heavy (non-hydrogen) atoms. The number of hydrogen-bond donors (Lipinski definition) is 1. The molecule has 6 nitrogen and oxygen atoms in total. The molecule has 0 radical (unpaired) electrons. The molecule has 1 amide bonds. The summed E-state index contributed by atoms with van der Waals surface area (Å²) >= 11 is 5.93. The predicted molar refractivity (Wildman–Crippen MR) is 135 cm³/mol. The van der Waals surface area contributed by atoms with Crippen LogP contribution in [0.4, 0.5) is 0 Å². The minimum Gasteiger partial charge on any atom is -0.379 e. The Morgan fingerprint density at radius 1 is 1.15 bits per heavy atom. The van der Waals surface area contributed by atoms with Gasteiger partial charge in [0.15, 0.2) is 0 Å². The van der Waals surface area contributed by atoms with Crippen LogP contribution in [0.2, 0.25) is 5.02 Å². The number of aromatic nitrogens is 1. The minimum absolute atomic E-state index is 0.113. The van der Waals surface area contributed by atoms with E-state index in [-0.39, 0.29) is 11.0 Å². The number of carbonyl (C=O) groups is 1. The Balaban J connectivity index is 1.70. The molecule has 1 aliphatic heterocycles. The first kappa shape index (κ1) is 24.0. The fourth-order valence-electron chi connectivity index (χ4n) is 4.14. The number of nitrogens with zero attached hydrogens (tertiary/aromatic N) is 2. The maximum atomic E-state index is 13.5. The second-order valence-electron chi connectivity index (χ2n) is 8.38. The lowest BCUT2D eigenvalue weighted by atomic mass is 10.0. The first-order valence-corrected chi connectivity index (χ1v) is 11.8. The van der Waals surface area contributed by atoms with E-state index in [4.69, 9.17) is 16.3 Å². The Morgan fingerprint density at radius 3 is 2.59 bits per heavy atom. The molecule has 2 aromatic carbocycles. The summed E-state index contributed by atoms with van der Waals surface area (Å²) < 4.78 is 7.28. The maximum absolute atomic E-state index is 13.5. The molecule has 0 bridgehead atoms. The molecular formula is C27H28ClN3O3. The molecule has 0 aliphatic carbocycles. The van der Waals surface area contributed by atoms with Gasteiger partial charge >= 0.3 is 0 Å². The van der Waals surface area contributed by atoms with E-state index in [0.29, 0.717) is 43.1 Å². The molecule has 3 aromatic rings. The SMILES string of the molecule is CCC#Cc1cc(CN2CCOCC2)cc2c(=O)c(C(=O)NCc3ccc(Cl)cc3)cn(C)c12. The van der Waals surface area contributed by atoms with Crippen molar-refractivity contribution in [1.82, 2.24) is 14.8 Å². The Kier molecular flexibility index (Phi) is 7.69. The number of halogens is 1. The second kappa shape index (κ2) is 10.9. The molecule has 0 atom stereocenters. The highest BCUT2D eigenvalue weighted by atomic mass is 35.5. The number of rotatable bonds is 5. The molecule has 0 saturated carbocycles. The lowest BCUT2D eigenvalue weighted by molar-refractivity contribution is 0.0342. The molecule has 1 saturated heterocycles. The molecule has 2 heterocycles. The van der Waals surface area contributed by atoms with Crippen LogP contribution in [0, 0.1) is 11.8 Å². The van der Waals surface area contributed by atoms with E-state index in [1.807, 2.05) is 36.7 Å². The Labute approximate surface area is 204 Å². The highest BCUT2D eigenvalue weighted by Crippen LogP contribution is 2.21. The summed E-state index contributed by atoms with van der Waals surface area (Å²) in [5.74, 6) is 5.94. The molecule has 7 heteroatoms. The van der Waals surface area contributed by atoms with Crippen LogP contribution in [0.3, 0.4) is 0 Å². The summed E-state index contributed by atoms with van der Waals surface area (Å²) in [5, 5.41) is 3.99. The minimum atomic E-state index is -0.405. The number of morpholine rings is 1. The molecule has 1 aromatic heterocycles. The van der Waals surface area contributed by atoms with Crippen molar-refractivity contribution in [3.63, 3.8) is 0 Å². The fraction of sp³-hybridized carbons (Fsp3) is 0.333. The number of ether oxygens (including phenoxy) is 1. The van der Waals surface area contributed by atoms with Crippen molar-refractivity contribution in [2.45, 2.75) is 26.4 Å². The summed E-state index contributed by atoms with van der Waals surface area (Å²) in [6.45, 7) is 6.11. The van der Waals surface area contributed by atoms with Crippen LogP contribution in [-0.2, 0) is 24.9 Å². The van der Waals surface area contributed by atoms with Crippen LogP contribution in [0.25, 0.3) is 10.9 Å². The van der Waals surface area contributed by atoms with Crippen LogP contribution >= 0.6 is 11.6 Å². The van der Waals surface area contributed by atoms with E-state index in [1.165, 1.54) is 0 Å². The van der Waals surface area contributed by atoms with Crippen molar-refractivity contribution in [3.8, 4) is 11.8 Å². The number of hydrogen-bond acceptors (Lipinski definition) is 4.